The van der Waals surface area contributed by atoms with Crippen molar-refractivity contribution in [3.05, 3.63) is 35.9 Å². The average Bonchev–Trinajstić information content (AvgIpc) is 2.35. The van der Waals surface area contributed by atoms with E-state index < -0.39 is 0 Å². The van der Waals surface area contributed by atoms with Gasteiger partial charge in [-0.2, -0.15) is 0 Å². The van der Waals surface area contributed by atoms with E-state index in [0.29, 0.717) is 6.04 Å². The lowest BCUT2D eigenvalue weighted by Crippen LogP contribution is -2.36. The Hall–Kier alpha value is -0.860. The third-order valence-corrected chi connectivity index (χ3v) is 3.33. The highest BCUT2D eigenvalue weighted by atomic mass is 16.5. The maximum atomic E-state index is 5.44. The first-order chi connectivity index (χ1) is 8.53. The predicted molar refractivity (Wildman–Crippen MR) is 77.9 cm³/mol. The molecule has 0 saturated carbocycles. The van der Waals surface area contributed by atoms with Crippen LogP contribution in [0.25, 0.3) is 0 Å². The third-order valence-electron chi connectivity index (χ3n) is 3.33. The Morgan fingerprint density at radius 2 is 1.89 bits per heavy atom. The molecular weight excluding hydrogens is 222 g/mol. The summed E-state index contributed by atoms with van der Waals surface area (Å²) in [6.07, 6.45) is 3.37. The first-order valence-corrected chi connectivity index (χ1v) is 6.86. The number of nitrogens with one attached hydrogen (secondary N) is 1. The van der Waals surface area contributed by atoms with E-state index in [1.165, 1.54) is 12.0 Å². The van der Waals surface area contributed by atoms with Crippen molar-refractivity contribution >= 4 is 0 Å². The van der Waals surface area contributed by atoms with Crippen LogP contribution < -0.4 is 5.32 Å². The molecule has 1 unspecified atom stereocenters. The van der Waals surface area contributed by atoms with Gasteiger partial charge in [-0.1, -0.05) is 30.3 Å². The van der Waals surface area contributed by atoms with Gasteiger partial charge in [0.15, 0.2) is 0 Å². The van der Waals surface area contributed by atoms with Crippen LogP contribution in [-0.2, 0) is 11.2 Å². The Kier molecular flexibility index (Phi) is 6.37. The van der Waals surface area contributed by atoms with Gasteiger partial charge in [-0.15, -0.1) is 0 Å². The monoisotopic (exact) mass is 249 g/mol. The number of methoxy groups -OCH3 is 1. The molecule has 2 nitrogen and oxygen atoms in total. The van der Waals surface area contributed by atoms with Gasteiger partial charge in [-0.3, -0.25) is 0 Å². The molecule has 0 bridgehead atoms. The zero-order valence-electron chi connectivity index (χ0n) is 12.2. The fourth-order valence-electron chi connectivity index (χ4n) is 2.18. The van der Waals surface area contributed by atoms with Crippen LogP contribution in [0.4, 0.5) is 0 Å². The Morgan fingerprint density at radius 3 is 2.50 bits per heavy atom. The quantitative estimate of drug-likeness (QED) is 0.713. The van der Waals surface area contributed by atoms with Crippen molar-refractivity contribution in [2.45, 2.75) is 51.7 Å². The third kappa shape index (κ3) is 6.18. The van der Waals surface area contributed by atoms with Gasteiger partial charge < -0.3 is 10.1 Å². The standard InChI is InChI=1S/C16H27NO/c1-14(13-16(2,3)18-4)17-12-8-11-15-9-6-5-7-10-15/h5-7,9-10,14,17H,8,11-13H2,1-4H3. The molecule has 0 spiro atoms. The highest BCUT2D eigenvalue weighted by Crippen LogP contribution is 2.15. The van der Waals surface area contributed by atoms with Gasteiger partial charge in [0, 0.05) is 13.2 Å². The van der Waals surface area contributed by atoms with Gasteiger partial charge in [0.25, 0.3) is 0 Å². The zero-order valence-corrected chi connectivity index (χ0v) is 12.2. The van der Waals surface area contributed by atoms with E-state index in [4.69, 9.17) is 4.74 Å². The molecule has 0 amide bonds. The second-order valence-corrected chi connectivity index (χ2v) is 5.61. The minimum Gasteiger partial charge on any atom is -0.379 e. The molecule has 1 aromatic rings. The molecule has 0 saturated heterocycles. The number of ether oxygens (including phenoxy) is 1. The van der Waals surface area contributed by atoms with E-state index in [1.807, 2.05) is 0 Å². The van der Waals surface area contributed by atoms with E-state index in [9.17, 15) is 0 Å². The molecule has 0 aliphatic carbocycles. The molecular formula is C16H27NO. The molecule has 0 aliphatic rings. The summed E-state index contributed by atoms with van der Waals surface area (Å²) >= 11 is 0. The van der Waals surface area contributed by atoms with Gasteiger partial charge in [0.1, 0.15) is 0 Å². The maximum absolute atomic E-state index is 5.44. The van der Waals surface area contributed by atoms with Crippen LogP contribution in [0.15, 0.2) is 30.3 Å². The minimum atomic E-state index is -0.0359. The van der Waals surface area contributed by atoms with Gasteiger partial charge in [-0.25, -0.2) is 0 Å². The molecule has 1 rings (SSSR count). The summed E-state index contributed by atoms with van der Waals surface area (Å²) in [5, 5.41) is 3.56. The molecule has 2 heteroatoms. The van der Waals surface area contributed by atoms with Crippen LogP contribution in [0.5, 0.6) is 0 Å². The first-order valence-electron chi connectivity index (χ1n) is 6.86. The van der Waals surface area contributed by atoms with Crippen LogP contribution in [-0.4, -0.2) is 25.3 Å². The van der Waals surface area contributed by atoms with E-state index in [-0.39, 0.29) is 5.60 Å². The lowest BCUT2D eigenvalue weighted by Gasteiger charge is -2.27. The summed E-state index contributed by atoms with van der Waals surface area (Å²) in [6, 6.07) is 11.2. The summed E-state index contributed by atoms with van der Waals surface area (Å²) in [6.45, 7) is 7.56. The number of hydrogen-bond acceptors (Lipinski definition) is 2. The van der Waals surface area contributed by atoms with Crippen LogP contribution >= 0.6 is 0 Å². The van der Waals surface area contributed by atoms with Gasteiger partial charge in [-0.05, 0) is 52.1 Å². The van der Waals surface area contributed by atoms with Crippen molar-refractivity contribution in [3.63, 3.8) is 0 Å². The van der Waals surface area contributed by atoms with E-state index in [2.05, 4.69) is 56.4 Å². The average molecular weight is 249 g/mol. The van der Waals surface area contributed by atoms with Crippen LogP contribution in [0.1, 0.15) is 39.2 Å². The van der Waals surface area contributed by atoms with Crippen LogP contribution in [0.2, 0.25) is 0 Å². The molecule has 102 valence electrons. The summed E-state index contributed by atoms with van der Waals surface area (Å²) in [5.74, 6) is 0. The number of aryl methyl sites for hydroxylation is 1. The molecule has 1 N–H and O–H groups in total. The van der Waals surface area contributed by atoms with E-state index in [0.717, 1.165) is 19.4 Å². The van der Waals surface area contributed by atoms with Crippen molar-refractivity contribution in [2.24, 2.45) is 0 Å². The summed E-state index contributed by atoms with van der Waals surface area (Å²) in [7, 11) is 1.78. The van der Waals surface area contributed by atoms with Crippen molar-refractivity contribution in [2.75, 3.05) is 13.7 Å². The lowest BCUT2D eigenvalue weighted by atomic mass is 10.00. The Morgan fingerprint density at radius 1 is 1.22 bits per heavy atom. The second-order valence-electron chi connectivity index (χ2n) is 5.61. The Labute approximate surface area is 112 Å². The Bertz CT molecular complexity index is 321. The smallest absolute Gasteiger partial charge is 0.0637 e. The number of benzene rings is 1. The molecule has 0 heterocycles. The fourth-order valence-corrected chi connectivity index (χ4v) is 2.18. The fraction of sp³-hybridized carbons (Fsp3) is 0.625. The summed E-state index contributed by atoms with van der Waals surface area (Å²) in [4.78, 5) is 0. The highest BCUT2D eigenvalue weighted by Gasteiger charge is 2.19. The lowest BCUT2D eigenvalue weighted by molar-refractivity contribution is 0.00861. The van der Waals surface area contributed by atoms with Crippen molar-refractivity contribution < 1.29 is 4.74 Å². The molecule has 0 fully saturated rings. The second kappa shape index (κ2) is 7.55. The summed E-state index contributed by atoms with van der Waals surface area (Å²) in [5.41, 5.74) is 1.38. The van der Waals surface area contributed by atoms with Crippen LogP contribution in [0.3, 0.4) is 0 Å². The predicted octanol–water partition coefficient (Wildman–Crippen LogP) is 3.41. The largest absolute Gasteiger partial charge is 0.379 e. The zero-order chi connectivity index (χ0) is 13.4. The summed E-state index contributed by atoms with van der Waals surface area (Å²) < 4.78 is 5.44. The van der Waals surface area contributed by atoms with E-state index >= 15 is 0 Å². The SMILES string of the molecule is COC(C)(C)CC(C)NCCCc1ccccc1. The van der Waals surface area contributed by atoms with Crippen molar-refractivity contribution in [3.8, 4) is 0 Å². The molecule has 1 atom stereocenters. The molecule has 18 heavy (non-hydrogen) atoms. The molecule has 1 aromatic carbocycles. The van der Waals surface area contributed by atoms with Crippen molar-refractivity contribution in [1.82, 2.24) is 5.32 Å². The van der Waals surface area contributed by atoms with Gasteiger partial charge >= 0.3 is 0 Å². The number of rotatable bonds is 8. The number of hydrogen-bond donors (Lipinski definition) is 1. The maximum Gasteiger partial charge on any atom is 0.0637 e. The molecule has 0 aromatic heterocycles. The topological polar surface area (TPSA) is 21.3 Å². The molecule has 0 radical (unpaired) electrons. The van der Waals surface area contributed by atoms with Gasteiger partial charge in [0.2, 0.25) is 0 Å². The van der Waals surface area contributed by atoms with Crippen molar-refractivity contribution in [1.29, 1.82) is 0 Å². The van der Waals surface area contributed by atoms with Crippen LogP contribution in [0, 0.1) is 0 Å². The van der Waals surface area contributed by atoms with Gasteiger partial charge in [0.05, 0.1) is 5.60 Å². The highest BCUT2D eigenvalue weighted by molar-refractivity contribution is 5.14. The molecule has 0 aliphatic heterocycles. The normalized spacial score (nSPS) is 13.6. The first kappa shape index (κ1) is 15.2. The Balaban J connectivity index is 2.14. The minimum absolute atomic E-state index is 0.0359. The van der Waals surface area contributed by atoms with E-state index in [1.54, 1.807) is 7.11 Å².